The summed E-state index contributed by atoms with van der Waals surface area (Å²) in [4.78, 5) is 15.0. The number of nitrogens with one attached hydrogen (secondary N) is 1. The van der Waals surface area contributed by atoms with E-state index in [0.29, 0.717) is 5.92 Å². The second kappa shape index (κ2) is 8.91. The van der Waals surface area contributed by atoms with Crippen molar-refractivity contribution in [3.63, 3.8) is 0 Å². The van der Waals surface area contributed by atoms with E-state index < -0.39 is 0 Å². The van der Waals surface area contributed by atoms with Gasteiger partial charge < -0.3 is 5.32 Å². The zero-order valence-electron chi connectivity index (χ0n) is 16.9. The third kappa shape index (κ3) is 4.64. The molecule has 5 nitrogen and oxygen atoms in total. The van der Waals surface area contributed by atoms with Crippen LogP contribution in [0.5, 0.6) is 0 Å². The number of anilines is 1. The summed E-state index contributed by atoms with van der Waals surface area (Å²) < 4.78 is 1.99. The average Bonchev–Trinajstić information content (AvgIpc) is 3.10. The molecule has 4 rings (SSSR count). The van der Waals surface area contributed by atoms with Gasteiger partial charge in [0.2, 0.25) is 5.91 Å². The number of carbonyl (C=O) groups excluding carboxylic acids is 1. The van der Waals surface area contributed by atoms with E-state index in [2.05, 4.69) is 16.4 Å². The van der Waals surface area contributed by atoms with Crippen molar-refractivity contribution in [2.75, 3.05) is 18.4 Å². The third-order valence-corrected chi connectivity index (χ3v) is 6.32. The predicted molar refractivity (Wildman–Crippen MR) is 112 cm³/mol. The molecule has 2 aromatic rings. The first kappa shape index (κ1) is 19.2. The van der Waals surface area contributed by atoms with Crippen LogP contribution in [0.2, 0.25) is 0 Å². The highest BCUT2D eigenvalue weighted by molar-refractivity contribution is 5.92. The van der Waals surface area contributed by atoms with Gasteiger partial charge in [0.05, 0.1) is 5.69 Å². The molecule has 2 heterocycles. The first-order chi connectivity index (χ1) is 13.7. The molecule has 0 atom stereocenters. The highest BCUT2D eigenvalue weighted by Gasteiger charge is 2.27. The van der Waals surface area contributed by atoms with E-state index in [1.165, 1.54) is 43.4 Å². The molecule has 0 radical (unpaired) electrons. The Bertz CT molecular complexity index is 771. The molecule has 28 heavy (non-hydrogen) atoms. The molecule has 2 aliphatic rings. The first-order valence-electron chi connectivity index (χ1n) is 10.8. The molecule has 1 N–H and O–H groups in total. The van der Waals surface area contributed by atoms with E-state index >= 15 is 0 Å². The van der Waals surface area contributed by atoms with E-state index in [1.54, 1.807) is 0 Å². The van der Waals surface area contributed by atoms with Crippen LogP contribution in [0.3, 0.4) is 0 Å². The molecular formula is C23H32N4O. The summed E-state index contributed by atoms with van der Waals surface area (Å²) in [6, 6.07) is 9.77. The summed E-state index contributed by atoms with van der Waals surface area (Å²) in [5.41, 5.74) is 3.61. The van der Waals surface area contributed by atoms with Gasteiger partial charge in [-0.05, 0) is 50.9 Å². The van der Waals surface area contributed by atoms with Gasteiger partial charge in [0.1, 0.15) is 0 Å². The molecule has 1 aromatic carbocycles. The normalized spacial score (nSPS) is 19.6. The van der Waals surface area contributed by atoms with Gasteiger partial charge in [0.25, 0.3) is 0 Å². The Morgan fingerprint density at radius 3 is 2.50 bits per heavy atom. The topological polar surface area (TPSA) is 50.2 Å². The zero-order chi connectivity index (χ0) is 19.3. The minimum absolute atomic E-state index is 0.114. The minimum Gasteiger partial charge on any atom is -0.326 e. The van der Waals surface area contributed by atoms with E-state index in [-0.39, 0.29) is 11.8 Å². The Labute approximate surface area is 168 Å². The fourth-order valence-corrected chi connectivity index (χ4v) is 4.76. The molecule has 1 aliphatic heterocycles. The van der Waals surface area contributed by atoms with E-state index in [1.807, 2.05) is 42.1 Å². The zero-order valence-corrected chi connectivity index (χ0v) is 16.9. The summed E-state index contributed by atoms with van der Waals surface area (Å²) in [7, 11) is 2.04. The molecule has 0 spiro atoms. The SMILES string of the molecule is Cn1cc(CN2CCC(C(=O)Nc3ccccc3)CC2)c(C2CCCCC2)n1. The smallest absolute Gasteiger partial charge is 0.227 e. The maximum atomic E-state index is 12.6. The van der Waals surface area contributed by atoms with E-state index in [4.69, 9.17) is 5.10 Å². The highest BCUT2D eigenvalue weighted by Crippen LogP contribution is 2.34. The van der Waals surface area contributed by atoms with Crippen LogP contribution in [0.25, 0.3) is 0 Å². The number of nitrogens with zero attached hydrogens (tertiary/aromatic N) is 3. The van der Waals surface area contributed by atoms with Gasteiger partial charge >= 0.3 is 0 Å². The Morgan fingerprint density at radius 1 is 1.07 bits per heavy atom. The number of amides is 1. The lowest BCUT2D eigenvalue weighted by molar-refractivity contribution is -0.121. The maximum Gasteiger partial charge on any atom is 0.227 e. The van der Waals surface area contributed by atoms with Gasteiger partial charge in [-0.2, -0.15) is 5.10 Å². The van der Waals surface area contributed by atoms with Crippen molar-refractivity contribution >= 4 is 11.6 Å². The monoisotopic (exact) mass is 380 g/mol. The number of hydrogen-bond acceptors (Lipinski definition) is 3. The number of para-hydroxylation sites is 1. The molecule has 2 fully saturated rings. The summed E-state index contributed by atoms with van der Waals surface area (Å²) in [5, 5.41) is 7.88. The molecule has 5 heteroatoms. The van der Waals surface area contributed by atoms with E-state index in [9.17, 15) is 4.79 Å². The van der Waals surface area contributed by atoms with Crippen molar-refractivity contribution in [2.24, 2.45) is 13.0 Å². The summed E-state index contributed by atoms with van der Waals surface area (Å²) in [5.74, 6) is 0.914. The molecule has 150 valence electrons. The first-order valence-corrected chi connectivity index (χ1v) is 10.8. The van der Waals surface area contributed by atoms with Crippen molar-refractivity contribution in [3.8, 4) is 0 Å². The van der Waals surface area contributed by atoms with Gasteiger partial charge in [0.15, 0.2) is 0 Å². The molecule has 1 saturated carbocycles. The van der Waals surface area contributed by atoms with Crippen LogP contribution in [-0.4, -0.2) is 33.7 Å². The number of piperidine rings is 1. The van der Waals surface area contributed by atoms with Crippen LogP contribution in [0.15, 0.2) is 36.5 Å². The fourth-order valence-electron chi connectivity index (χ4n) is 4.76. The van der Waals surface area contributed by atoms with Crippen molar-refractivity contribution in [1.82, 2.24) is 14.7 Å². The lowest BCUT2D eigenvalue weighted by Gasteiger charge is -2.31. The number of carbonyl (C=O) groups is 1. The van der Waals surface area contributed by atoms with Crippen LogP contribution in [0.1, 0.15) is 62.1 Å². The Hall–Kier alpha value is -2.14. The molecular weight excluding hydrogens is 348 g/mol. The summed E-state index contributed by atoms with van der Waals surface area (Å²) in [6.45, 7) is 2.92. The molecule has 1 amide bonds. The van der Waals surface area contributed by atoms with Gasteiger partial charge in [-0.1, -0.05) is 37.5 Å². The van der Waals surface area contributed by atoms with Gasteiger partial charge in [-0.25, -0.2) is 0 Å². The number of rotatable bonds is 5. The average molecular weight is 381 g/mol. The van der Waals surface area contributed by atoms with Crippen LogP contribution in [0, 0.1) is 5.92 Å². The highest BCUT2D eigenvalue weighted by atomic mass is 16.1. The van der Waals surface area contributed by atoms with Gasteiger partial charge in [-0.15, -0.1) is 0 Å². The van der Waals surface area contributed by atoms with Crippen molar-refractivity contribution in [2.45, 2.75) is 57.4 Å². The Kier molecular flexibility index (Phi) is 6.10. The van der Waals surface area contributed by atoms with E-state index in [0.717, 1.165) is 38.2 Å². The Balaban J connectivity index is 1.32. The van der Waals surface area contributed by atoms with Crippen LogP contribution < -0.4 is 5.32 Å². The lowest BCUT2D eigenvalue weighted by Crippen LogP contribution is -2.37. The molecule has 1 aromatic heterocycles. The minimum atomic E-state index is 0.114. The fraction of sp³-hybridized carbons (Fsp3) is 0.565. The van der Waals surface area contributed by atoms with Crippen molar-refractivity contribution in [1.29, 1.82) is 0 Å². The molecule has 0 bridgehead atoms. The van der Waals surface area contributed by atoms with Crippen LogP contribution >= 0.6 is 0 Å². The van der Waals surface area contributed by atoms with Gasteiger partial charge in [-0.3, -0.25) is 14.4 Å². The van der Waals surface area contributed by atoms with Crippen molar-refractivity contribution in [3.05, 3.63) is 47.8 Å². The lowest BCUT2D eigenvalue weighted by atomic mass is 9.85. The number of likely N-dealkylation sites (tertiary alicyclic amines) is 1. The summed E-state index contributed by atoms with van der Waals surface area (Å²) >= 11 is 0. The maximum absolute atomic E-state index is 12.6. The second-order valence-electron chi connectivity index (χ2n) is 8.45. The third-order valence-electron chi connectivity index (χ3n) is 6.32. The number of aromatic nitrogens is 2. The van der Waals surface area contributed by atoms with Gasteiger partial charge in [0, 0.05) is 42.9 Å². The van der Waals surface area contributed by atoms with Crippen LogP contribution in [0.4, 0.5) is 5.69 Å². The van der Waals surface area contributed by atoms with Crippen molar-refractivity contribution < 1.29 is 4.79 Å². The standard InChI is InChI=1S/C23H32N4O/c1-26-16-20(22(25-26)18-8-4-2-5-9-18)17-27-14-12-19(13-15-27)23(28)24-21-10-6-3-7-11-21/h3,6-7,10-11,16,18-19H,2,4-5,8-9,12-15,17H2,1H3,(H,24,28). The predicted octanol–water partition coefficient (Wildman–Crippen LogP) is 4.32. The Morgan fingerprint density at radius 2 is 1.79 bits per heavy atom. The molecule has 1 aliphatic carbocycles. The number of hydrogen-bond donors (Lipinski definition) is 1. The number of benzene rings is 1. The molecule has 0 unspecified atom stereocenters. The molecule has 1 saturated heterocycles. The van der Waals surface area contributed by atoms with Crippen LogP contribution in [-0.2, 0) is 18.4 Å². The number of aryl methyl sites for hydroxylation is 1. The quantitative estimate of drug-likeness (QED) is 0.840. The largest absolute Gasteiger partial charge is 0.326 e. The summed E-state index contributed by atoms with van der Waals surface area (Å²) in [6.07, 6.45) is 10.7. The second-order valence-corrected chi connectivity index (χ2v) is 8.45.